The Labute approximate surface area is 190 Å². The summed E-state index contributed by atoms with van der Waals surface area (Å²) in [6, 6.07) is 13.8. The lowest BCUT2D eigenvalue weighted by molar-refractivity contribution is -0.111. The molecule has 0 fully saturated rings. The van der Waals surface area contributed by atoms with Gasteiger partial charge in [-0.25, -0.2) is 9.97 Å². The third-order valence-electron chi connectivity index (χ3n) is 5.33. The van der Waals surface area contributed by atoms with Gasteiger partial charge in [-0.05, 0) is 61.5 Å². The monoisotopic (exact) mass is 434 g/mol. The standard InChI is InChI=1S/C26H22N6O/c1-32(2)12-4-7-24(33)31-19-6-3-5-17(13-19)18-14-22-23(16-30-26(22)29-15-18)20-8-10-27-25-21(20)9-11-28-25/h3,5-6,8-11,13-16H,12H2,1-2H3,(H,27,28)(H,29,30)(H,31,33). The van der Waals surface area contributed by atoms with Gasteiger partial charge in [0.2, 0.25) is 0 Å². The minimum Gasteiger partial charge on any atom is -0.346 e. The molecule has 0 aliphatic rings. The second-order valence-corrected chi connectivity index (χ2v) is 8.00. The summed E-state index contributed by atoms with van der Waals surface area (Å²) in [7, 11) is 3.82. The normalized spacial score (nSPS) is 11.0. The second-order valence-electron chi connectivity index (χ2n) is 8.00. The van der Waals surface area contributed by atoms with E-state index >= 15 is 0 Å². The summed E-state index contributed by atoms with van der Waals surface area (Å²) in [4.78, 5) is 29.5. The van der Waals surface area contributed by atoms with Crippen molar-refractivity contribution in [3.05, 3.63) is 67.3 Å². The van der Waals surface area contributed by atoms with E-state index in [0.717, 1.165) is 44.3 Å². The molecule has 0 spiro atoms. The van der Waals surface area contributed by atoms with Gasteiger partial charge < -0.3 is 15.3 Å². The maximum atomic E-state index is 12.1. The van der Waals surface area contributed by atoms with Crippen LogP contribution < -0.4 is 5.32 Å². The number of amides is 1. The number of anilines is 1. The molecule has 4 aromatic heterocycles. The van der Waals surface area contributed by atoms with E-state index in [9.17, 15) is 4.79 Å². The zero-order valence-electron chi connectivity index (χ0n) is 18.3. The summed E-state index contributed by atoms with van der Waals surface area (Å²) in [5, 5.41) is 4.92. The quantitative estimate of drug-likeness (QED) is 0.369. The van der Waals surface area contributed by atoms with Gasteiger partial charge in [0.15, 0.2) is 0 Å². The molecule has 5 rings (SSSR count). The van der Waals surface area contributed by atoms with Gasteiger partial charge >= 0.3 is 0 Å². The van der Waals surface area contributed by atoms with Crippen molar-refractivity contribution in [3.8, 4) is 34.1 Å². The van der Waals surface area contributed by atoms with Crippen LogP contribution in [-0.2, 0) is 4.79 Å². The fourth-order valence-electron chi connectivity index (χ4n) is 3.80. The number of rotatable bonds is 4. The van der Waals surface area contributed by atoms with Crippen molar-refractivity contribution >= 4 is 33.7 Å². The number of aromatic amines is 2. The molecule has 3 N–H and O–H groups in total. The van der Waals surface area contributed by atoms with Gasteiger partial charge in [0.05, 0.1) is 6.54 Å². The number of carbonyl (C=O) groups is 1. The molecule has 33 heavy (non-hydrogen) atoms. The number of pyridine rings is 2. The first-order valence-electron chi connectivity index (χ1n) is 10.5. The molecule has 0 saturated heterocycles. The Kier molecular flexibility index (Phi) is 5.35. The number of benzene rings is 1. The van der Waals surface area contributed by atoms with Crippen molar-refractivity contribution in [1.29, 1.82) is 0 Å². The largest absolute Gasteiger partial charge is 0.346 e. The molecule has 1 aromatic carbocycles. The summed E-state index contributed by atoms with van der Waals surface area (Å²) in [5.74, 6) is 5.13. The van der Waals surface area contributed by atoms with Gasteiger partial charge in [0.25, 0.3) is 5.91 Å². The van der Waals surface area contributed by atoms with Crippen LogP contribution in [0.3, 0.4) is 0 Å². The minimum absolute atomic E-state index is 0.330. The van der Waals surface area contributed by atoms with Crippen molar-refractivity contribution in [2.45, 2.75) is 0 Å². The zero-order valence-corrected chi connectivity index (χ0v) is 18.3. The summed E-state index contributed by atoms with van der Waals surface area (Å²) in [6.07, 6.45) is 7.51. The third kappa shape index (κ3) is 4.20. The number of fused-ring (bicyclic) bond motifs is 2. The van der Waals surface area contributed by atoms with Crippen molar-refractivity contribution in [2.24, 2.45) is 0 Å². The van der Waals surface area contributed by atoms with Crippen molar-refractivity contribution in [1.82, 2.24) is 24.8 Å². The van der Waals surface area contributed by atoms with Crippen LogP contribution in [0.25, 0.3) is 44.3 Å². The topological polar surface area (TPSA) is 89.7 Å². The predicted molar refractivity (Wildman–Crippen MR) is 132 cm³/mol. The molecule has 162 valence electrons. The lowest BCUT2D eigenvalue weighted by Crippen LogP contribution is -2.13. The molecular formula is C26H22N6O. The number of carbonyl (C=O) groups excluding carboxylic acids is 1. The van der Waals surface area contributed by atoms with Gasteiger partial charge in [0.1, 0.15) is 11.3 Å². The van der Waals surface area contributed by atoms with Crippen LogP contribution in [0, 0.1) is 11.8 Å². The van der Waals surface area contributed by atoms with Gasteiger partial charge in [-0.15, -0.1) is 0 Å². The number of hydrogen-bond donors (Lipinski definition) is 3. The Balaban J connectivity index is 1.48. The maximum absolute atomic E-state index is 12.1. The molecule has 0 atom stereocenters. The maximum Gasteiger partial charge on any atom is 0.300 e. The highest BCUT2D eigenvalue weighted by molar-refractivity contribution is 6.05. The molecule has 0 bridgehead atoms. The fraction of sp³-hybridized carbons (Fsp3) is 0.115. The molecule has 0 aliphatic carbocycles. The number of H-pyrrole nitrogens is 2. The molecule has 4 heterocycles. The van der Waals surface area contributed by atoms with E-state index in [1.54, 1.807) is 6.20 Å². The molecule has 5 aromatic rings. The van der Waals surface area contributed by atoms with Crippen LogP contribution in [0.5, 0.6) is 0 Å². The molecule has 0 aliphatic heterocycles. The van der Waals surface area contributed by atoms with Gasteiger partial charge in [-0.3, -0.25) is 9.69 Å². The Bertz CT molecular complexity index is 1530. The Hall–Kier alpha value is -4.41. The van der Waals surface area contributed by atoms with Crippen LogP contribution in [0.1, 0.15) is 0 Å². The molecule has 7 nitrogen and oxygen atoms in total. The van der Waals surface area contributed by atoms with E-state index in [2.05, 4.69) is 43.2 Å². The highest BCUT2D eigenvalue weighted by Gasteiger charge is 2.13. The van der Waals surface area contributed by atoms with Gasteiger partial charge in [-0.1, -0.05) is 18.1 Å². The highest BCUT2D eigenvalue weighted by Crippen LogP contribution is 2.34. The molecule has 0 saturated carbocycles. The molecule has 0 radical (unpaired) electrons. The van der Waals surface area contributed by atoms with Gasteiger partial charge in [-0.2, -0.15) is 0 Å². The van der Waals surface area contributed by atoms with E-state index in [4.69, 9.17) is 0 Å². The lowest BCUT2D eigenvalue weighted by Gasteiger charge is -2.07. The van der Waals surface area contributed by atoms with Crippen molar-refractivity contribution < 1.29 is 4.79 Å². The Morgan fingerprint density at radius 3 is 2.76 bits per heavy atom. The Morgan fingerprint density at radius 1 is 1.00 bits per heavy atom. The summed E-state index contributed by atoms with van der Waals surface area (Å²) in [6.45, 7) is 0.532. The third-order valence-corrected chi connectivity index (χ3v) is 5.33. The number of aromatic nitrogens is 4. The van der Waals surface area contributed by atoms with Crippen LogP contribution in [0.15, 0.2) is 67.3 Å². The van der Waals surface area contributed by atoms with Crippen molar-refractivity contribution in [2.75, 3.05) is 26.0 Å². The first kappa shape index (κ1) is 20.5. The predicted octanol–water partition coefficient (Wildman–Crippen LogP) is 4.28. The molecular weight excluding hydrogens is 412 g/mol. The fourth-order valence-corrected chi connectivity index (χ4v) is 3.80. The van der Waals surface area contributed by atoms with Crippen LogP contribution in [-0.4, -0.2) is 51.4 Å². The molecule has 0 unspecified atom stereocenters. The van der Waals surface area contributed by atoms with E-state index in [1.807, 2.05) is 74.0 Å². The van der Waals surface area contributed by atoms with E-state index in [-0.39, 0.29) is 5.91 Å². The summed E-state index contributed by atoms with van der Waals surface area (Å²) < 4.78 is 0. The smallest absolute Gasteiger partial charge is 0.300 e. The summed E-state index contributed by atoms with van der Waals surface area (Å²) >= 11 is 0. The average molecular weight is 435 g/mol. The first-order chi connectivity index (χ1) is 16.1. The zero-order chi connectivity index (χ0) is 22.8. The number of nitrogens with one attached hydrogen (secondary N) is 3. The highest BCUT2D eigenvalue weighted by atomic mass is 16.1. The van der Waals surface area contributed by atoms with Gasteiger partial charge in [0, 0.05) is 52.4 Å². The summed E-state index contributed by atoms with van der Waals surface area (Å²) in [5.41, 5.74) is 6.41. The van der Waals surface area contributed by atoms with Crippen molar-refractivity contribution in [3.63, 3.8) is 0 Å². The van der Waals surface area contributed by atoms with E-state index in [0.29, 0.717) is 12.2 Å². The average Bonchev–Trinajstić information content (AvgIpc) is 3.45. The minimum atomic E-state index is -0.330. The van der Waals surface area contributed by atoms with E-state index in [1.165, 1.54) is 0 Å². The molecule has 1 amide bonds. The van der Waals surface area contributed by atoms with Crippen LogP contribution >= 0.6 is 0 Å². The number of nitrogens with zero attached hydrogens (tertiary/aromatic N) is 3. The van der Waals surface area contributed by atoms with E-state index < -0.39 is 0 Å². The Morgan fingerprint density at radius 2 is 1.88 bits per heavy atom. The second kappa shape index (κ2) is 8.61. The first-order valence-corrected chi connectivity index (χ1v) is 10.5. The SMILES string of the molecule is CN(C)CC#CC(=O)Nc1cccc(-c2cnc3[nH]cc(-c4ccnc5[nH]ccc45)c3c2)c1. The number of hydrogen-bond acceptors (Lipinski definition) is 4. The van der Waals surface area contributed by atoms with Crippen LogP contribution in [0.4, 0.5) is 5.69 Å². The lowest BCUT2D eigenvalue weighted by atomic mass is 10.0. The van der Waals surface area contributed by atoms with Crippen LogP contribution in [0.2, 0.25) is 0 Å². The molecule has 7 heteroatoms.